The summed E-state index contributed by atoms with van der Waals surface area (Å²) in [4.78, 5) is 0. The fraction of sp³-hybridized carbons (Fsp3) is 0. The molecular formula is C12H14NO2P. The number of aromatic hydroxyl groups is 1. The molecule has 0 saturated carbocycles. The second-order valence-electron chi connectivity index (χ2n) is 2.87. The molecule has 0 bridgehead atoms. The largest absolute Gasteiger partial charge is 0.508 e. The van der Waals surface area contributed by atoms with Gasteiger partial charge in [-0.1, -0.05) is 36.4 Å². The van der Waals surface area contributed by atoms with E-state index in [2.05, 4.69) is 0 Å². The third kappa shape index (κ3) is 5.35. The molecule has 0 aliphatic carbocycles. The van der Waals surface area contributed by atoms with Gasteiger partial charge in [0.1, 0.15) is 20.5 Å². The third-order valence-corrected chi connectivity index (χ3v) is 2.03. The molecule has 2 aromatic carbocycles. The summed E-state index contributed by atoms with van der Waals surface area (Å²) < 4.78 is 5.01. The van der Waals surface area contributed by atoms with E-state index in [-0.39, 0.29) is 8.96 Å². The van der Waals surface area contributed by atoms with Crippen LogP contribution >= 0.6 is 8.96 Å². The molecule has 3 N–H and O–H groups in total. The van der Waals surface area contributed by atoms with Crippen molar-refractivity contribution in [1.82, 2.24) is 0 Å². The van der Waals surface area contributed by atoms with Crippen molar-refractivity contribution in [3.8, 4) is 11.5 Å². The molecule has 16 heavy (non-hydrogen) atoms. The zero-order valence-corrected chi connectivity index (χ0v) is 9.71. The van der Waals surface area contributed by atoms with Crippen molar-refractivity contribution < 1.29 is 9.63 Å². The van der Waals surface area contributed by atoms with Gasteiger partial charge in [0, 0.05) is 0 Å². The number of phenols is 1. The number of hydrogen-bond donors (Lipinski definition) is 2. The fourth-order valence-corrected chi connectivity index (χ4v) is 1.26. The maximum absolute atomic E-state index is 8.63. The standard InChI is InChI=1S/C6H8NOP.C6H6O/c7-9-8-6-4-2-1-3-5-6;7-6-4-2-1-3-5-6/h1-5,9H,7H2;1-5,7H. The first-order valence-electron chi connectivity index (χ1n) is 4.74. The van der Waals surface area contributed by atoms with Crippen LogP contribution in [0.4, 0.5) is 0 Å². The van der Waals surface area contributed by atoms with E-state index in [0.29, 0.717) is 5.75 Å². The van der Waals surface area contributed by atoms with Gasteiger partial charge in [-0.2, -0.15) is 0 Å². The van der Waals surface area contributed by atoms with E-state index in [4.69, 9.17) is 15.1 Å². The van der Waals surface area contributed by atoms with Gasteiger partial charge in [0.05, 0.1) is 0 Å². The van der Waals surface area contributed by atoms with Crippen LogP contribution in [-0.2, 0) is 0 Å². The lowest BCUT2D eigenvalue weighted by atomic mass is 10.3. The van der Waals surface area contributed by atoms with E-state index in [9.17, 15) is 0 Å². The molecule has 2 rings (SSSR count). The zero-order chi connectivity index (χ0) is 11.6. The number of hydrogen-bond acceptors (Lipinski definition) is 3. The van der Waals surface area contributed by atoms with E-state index in [0.717, 1.165) is 5.75 Å². The average Bonchev–Trinajstić information content (AvgIpc) is 2.33. The first kappa shape index (κ1) is 12.5. The first-order chi connectivity index (χ1) is 7.83. The second-order valence-corrected chi connectivity index (χ2v) is 3.31. The van der Waals surface area contributed by atoms with Crippen LogP contribution in [-0.4, -0.2) is 5.11 Å². The predicted molar refractivity (Wildman–Crippen MR) is 67.7 cm³/mol. The third-order valence-electron chi connectivity index (χ3n) is 1.68. The molecule has 0 spiro atoms. The summed E-state index contributed by atoms with van der Waals surface area (Å²) in [7, 11) is 0.0352. The highest BCUT2D eigenvalue weighted by Crippen LogP contribution is 2.13. The summed E-state index contributed by atoms with van der Waals surface area (Å²) in [5, 5.41) is 8.63. The molecule has 4 heteroatoms. The summed E-state index contributed by atoms with van der Waals surface area (Å²) >= 11 is 0. The van der Waals surface area contributed by atoms with Crippen LogP contribution in [0.1, 0.15) is 0 Å². The van der Waals surface area contributed by atoms with Gasteiger partial charge in [0.2, 0.25) is 0 Å². The summed E-state index contributed by atoms with van der Waals surface area (Å²) in [6.07, 6.45) is 0. The second kappa shape index (κ2) is 7.69. The molecule has 0 fully saturated rings. The smallest absolute Gasteiger partial charge is 0.143 e. The molecule has 84 valence electrons. The van der Waals surface area contributed by atoms with Crippen LogP contribution in [0.3, 0.4) is 0 Å². The quantitative estimate of drug-likeness (QED) is 0.787. The minimum atomic E-state index is 0.0352. The van der Waals surface area contributed by atoms with E-state index in [1.165, 1.54) is 0 Å². The molecule has 0 heterocycles. The van der Waals surface area contributed by atoms with Crippen molar-refractivity contribution in [2.75, 3.05) is 0 Å². The van der Waals surface area contributed by atoms with Crippen molar-refractivity contribution >= 4 is 8.96 Å². The highest BCUT2D eigenvalue weighted by Gasteiger charge is 1.84. The SMILES string of the molecule is NPOc1ccccc1.Oc1ccccc1. The van der Waals surface area contributed by atoms with Crippen molar-refractivity contribution in [1.29, 1.82) is 0 Å². The van der Waals surface area contributed by atoms with Crippen molar-refractivity contribution in [2.24, 2.45) is 5.50 Å². The van der Waals surface area contributed by atoms with Gasteiger partial charge < -0.3 is 9.63 Å². The van der Waals surface area contributed by atoms with Crippen LogP contribution in [0.5, 0.6) is 11.5 Å². The summed E-state index contributed by atoms with van der Waals surface area (Å²) in [5.74, 6) is 1.15. The van der Waals surface area contributed by atoms with Gasteiger partial charge in [0.15, 0.2) is 0 Å². The van der Waals surface area contributed by atoms with Crippen LogP contribution in [0.15, 0.2) is 60.7 Å². The van der Waals surface area contributed by atoms with Gasteiger partial charge in [-0.25, -0.2) is 0 Å². The molecule has 0 aliphatic rings. The molecule has 0 aromatic heterocycles. The van der Waals surface area contributed by atoms with Crippen LogP contribution in [0.2, 0.25) is 0 Å². The zero-order valence-electron chi connectivity index (χ0n) is 8.71. The maximum Gasteiger partial charge on any atom is 0.143 e. The molecular weight excluding hydrogens is 221 g/mol. The molecule has 0 aliphatic heterocycles. The number of nitrogens with two attached hydrogens (primary N) is 1. The molecule has 0 radical (unpaired) electrons. The van der Waals surface area contributed by atoms with Gasteiger partial charge in [-0.05, 0) is 24.3 Å². The number of benzene rings is 2. The highest BCUT2D eigenvalue weighted by atomic mass is 31.1. The number of para-hydroxylation sites is 2. The Bertz CT molecular complexity index is 381. The molecule has 1 atom stereocenters. The highest BCUT2D eigenvalue weighted by molar-refractivity contribution is 7.29. The van der Waals surface area contributed by atoms with E-state index in [1.807, 2.05) is 36.4 Å². The van der Waals surface area contributed by atoms with Gasteiger partial charge in [-0.15, -0.1) is 0 Å². The predicted octanol–water partition coefficient (Wildman–Crippen LogP) is 2.92. The van der Waals surface area contributed by atoms with E-state index in [1.54, 1.807) is 24.3 Å². The fourth-order valence-electron chi connectivity index (χ4n) is 0.985. The first-order valence-corrected chi connectivity index (χ1v) is 5.73. The van der Waals surface area contributed by atoms with Gasteiger partial charge in [0.25, 0.3) is 0 Å². The Morgan fingerprint density at radius 2 is 1.38 bits per heavy atom. The maximum atomic E-state index is 8.63. The Labute approximate surface area is 96.8 Å². The number of rotatable bonds is 2. The minimum Gasteiger partial charge on any atom is -0.508 e. The lowest BCUT2D eigenvalue weighted by Gasteiger charge is -1.98. The Kier molecular flexibility index (Phi) is 6.00. The Morgan fingerprint density at radius 1 is 0.875 bits per heavy atom. The van der Waals surface area contributed by atoms with E-state index < -0.39 is 0 Å². The Balaban J connectivity index is 0.000000165. The monoisotopic (exact) mass is 235 g/mol. The molecule has 0 amide bonds. The summed E-state index contributed by atoms with van der Waals surface area (Å²) in [6.45, 7) is 0. The molecule has 1 unspecified atom stereocenters. The summed E-state index contributed by atoms with van der Waals surface area (Å²) in [6, 6.07) is 18.2. The van der Waals surface area contributed by atoms with Gasteiger partial charge >= 0.3 is 0 Å². The Hall–Kier alpha value is -1.57. The van der Waals surface area contributed by atoms with Gasteiger partial charge in [-0.3, -0.25) is 5.50 Å². The molecule has 2 aromatic rings. The van der Waals surface area contributed by atoms with Crippen molar-refractivity contribution in [3.63, 3.8) is 0 Å². The average molecular weight is 235 g/mol. The number of phenolic OH excluding ortho intramolecular Hbond substituents is 1. The van der Waals surface area contributed by atoms with Crippen LogP contribution in [0.25, 0.3) is 0 Å². The van der Waals surface area contributed by atoms with Crippen molar-refractivity contribution in [3.05, 3.63) is 60.7 Å². The van der Waals surface area contributed by atoms with E-state index >= 15 is 0 Å². The van der Waals surface area contributed by atoms with Crippen LogP contribution < -0.4 is 10.0 Å². The normalized spacial score (nSPS) is 9.56. The topological polar surface area (TPSA) is 55.5 Å². The summed E-state index contributed by atoms with van der Waals surface area (Å²) in [5.41, 5.74) is 5.17. The minimum absolute atomic E-state index is 0.0352. The molecule has 3 nitrogen and oxygen atoms in total. The Morgan fingerprint density at radius 3 is 1.75 bits per heavy atom. The lowest BCUT2D eigenvalue weighted by molar-refractivity contribution is 0.475. The van der Waals surface area contributed by atoms with Crippen LogP contribution in [0, 0.1) is 0 Å². The van der Waals surface area contributed by atoms with Crippen molar-refractivity contribution in [2.45, 2.75) is 0 Å². The molecule has 0 saturated heterocycles. The lowest BCUT2D eigenvalue weighted by Crippen LogP contribution is -1.81.